The molecule has 1 aromatic heterocycles. The van der Waals surface area contributed by atoms with E-state index in [1.54, 1.807) is 0 Å². The van der Waals surface area contributed by atoms with Crippen LogP contribution in [0.3, 0.4) is 0 Å². The number of likely N-dealkylation sites (tertiary alicyclic amines) is 1. The van der Waals surface area contributed by atoms with Crippen molar-refractivity contribution in [2.75, 3.05) is 13.1 Å². The first-order valence-corrected chi connectivity index (χ1v) is 6.79. The summed E-state index contributed by atoms with van der Waals surface area (Å²) in [6, 6.07) is 0.782. The quantitative estimate of drug-likeness (QED) is 0.774. The van der Waals surface area contributed by atoms with E-state index in [4.69, 9.17) is 5.73 Å². The first kappa shape index (κ1) is 11.2. The Bertz CT molecular complexity index is 392. The Morgan fingerprint density at radius 3 is 2.82 bits per heavy atom. The maximum absolute atomic E-state index is 6.18. The molecule has 4 nitrogen and oxygen atoms in total. The number of aromatic amines is 1. The standard InChI is InChI=1S/C13H22N4/c1-9-13-11(16-15-9)7-10(14)8-12(13)17-5-3-2-4-6-17/h10,12H,2-8,14H2,1H3,(H,15,16). The van der Waals surface area contributed by atoms with Gasteiger partial charge in [0.25, 0.3) is 0 Å². The molecule has 0 saturated carbocycles. The molecule has 1 saturated heterocycles. The second-order valence-corrected chi connectivity index (χ2v) is 5.52. The van der Waals surface area contributed by atoms with Crippen molar-refractivity contribution in [1.29, 1.82) is 0 Å². The van der Waals surface area contributed by atoms with Gasteiger partial charge in [-0.05, 0) is 39.3 Å². The van der Waals surface area contributed by atoms with E-state index in [1.807, 2.05) is 0 Å². The number of nitrogens with two attached hydrogens (primary N) is 1. The van der Waals surface area contributed by atoms with E-state index in [9.17, 15) is 0 Å². The molecular weight excluding hydrogens is 212 g/mol. The van der Waals surface area contributed by atoms with E-state index in [0.717, 1.165) is 12.8 Å². The molecule has 2 heterocycles. The van der Waals surface area contributed by atoms with Gasteiger partial charge in [-0.2, -0.15) is 5.10 Å². The van der Waals surface area contributed by atoms with Crippen molar-refractivity contribution in [1.82, 2.24) is 15.1 Å². The number of H-pyrrole nitrogens is 1. The number of piperidine rings is 1. The molecule has 2 aliphatic rings. The summed E-state index contributed by atoms with van der Waals surface area (Å²) in [4.78, 5) is 2.61. The predicted octanol–water partition coefficient (Wildman–Crippen LogP) is 1.52. The average molecular weight is 234 g/mol. The van der Waals surface area contributed by atoms with Crippen LogP contribution in [0.4, 0.5) is 0 Å². The average Bonchev–Trinajstić information content (AvgIpc) is 2.71. The highest BCUT2D eigenvalue weighted by atomic mass is 15.2. The zero-order valence-corrected chi connectivity index (χ0v) is 10.6. The molecule has 3 N–H and O–H groups in total. The number of fused-ring (bicyclic) bond motifs is 1. The molecule has 94 valence electrons. The van der Waals surface area contributed by atoms with E-state index in [1.165, 1.54) is 49.3 Å². The first-order chi connectivity index (χ1) is 8.25. The van der Waals surface area contributed by atoms with Crippen molar-refractivity contribution in [2.45, 2.75) is 51.1 Å². The van der Waals surface area contributed by atoms with E-state index >= 15 is 0 Å². The summed E-state index contributed by atoms with van der Waals surface area (Å²) in [5.74, 6) is 0. The van der Waals surface area contributed by atoms with Crippen LogP contribution in [0.15, 0.2) is 0 Å². The van der Waals surface area contributed by atoms with Gasteiger partial charge >= 0.3 is 0 Å². The third kappa shape index (κ3) is 2.00. The molecular formula is C13H22N4. The largest absolute Gasteiger partial charge is 0.327 e. The summed E-state index contributed by atoms with van der Waals surface area (Å²) in [6.45, 7) is 4.59. The number of nitrogens with one attached hydrogen (secondary N) is 1. The fourth-order valence-electron chi connectivity index (χ4n) is 3.38. The van der Waals surface area contributed by atoms with Crippen LogP contribution in [0.25, 0.3) is 0 Å². The van der Waals surface area contributed by atoms with Gasteiger partial charge in [-0.1, -0.05) is 6.42 Å². The zero-order valence-electron chi connectivity index (χ0n) is 10.6. The lowest BCUT2D eigenvalue weighted by atomic mass is 9.86. The zero-order chi connectivity index (χ0) is 11.8. The van der Waals surface area contributed by atoms with E-state index in [2.05, 4.69) is 22.0 Å². The third-order valence-electron chi connectivity index (χ3n) is 4.22. The Labute approximate surface area is 103 Å². The molecule has 0 amide bonds. The number of aromatic nitrogens is 2. The topological polar surface area (TPSA) is 57.9 Å². The lowest BCUT2D eigenvalue weighted by molar-refractivity contribution is 0.142. The maximum Gasteiger partial charge on any atom is 0.0688 e. The van der Waals surface area contributed by atoms with Crippen LogP contribution < -0.4 is 5.73 Å². The number of hydrogen-bond acceptors (Lipinski definition) is 3. The highest BCUT2D eigenvalue weighted by molar-refractivity contribution is 5.31. The van der Waals surface area contributed by atoms with Gasteiger partial charge < -0.3 is 5.73 Å². The number of hydrogen-bond donors (Lipinski definition) is 2. The number of rotatable bonds is 1. The van der Waals surface area contributed by atoms with Gasteiger partial charge in [0.2, 0.25) is 0 Å². The summed E-state index contributed by atoms with van der Waals surface area (Å²) in [7, 11) is 0. The van der Waals surface area contributed by atoms with Crippen molar-refractivity contribution < 1.29 is 0 Å². The highest BCUT2D eigenvalue weighted by Crippen LogP contribution is 2.36. The van der Waals surface area contributed by atoms with Crippen molar-refractivity contribution in [3.05, 3.63) is 17.0 Å². The fourth-order valence-corrected chi connectivity index (χ4v) is 3.38. The summed E-state index contributed by atoms with van der Waals surface area (Å²) < 4.78 is 0. The minimum absolute atomic E-state index is 0.275. The second-order valence-electron chi connectivity index (χ2n) is 5.52. The Balaban J connectivity index is 1.90. The van der Waals surface area contributed by atoms with Crippen molar-refractivity contribution >= 4 is 0 Å². The van der Waals surface area contributed by atoms with Crippen LogP contribution in [-0.2, 0) is 6.42 Å². The van der Waals surface area contributed by atoms with Crippen LogP contribution in [-0.4, -0.2) is 34.2 Å². The van der Waals surface area contributed by atoms with Gasteiger partial charge in [0.05, 0.1) is 5.69 Å². The molecule has 2 unspecified atom stereocenters. The lowest BCUT2D eigenvalue weighted by Gasteiger charge is -2.38. The molecule has 0 aromatic carbocycles. The molecule has 1 aliphatic carbocycles. The minimum Gasteiger partial charge on any atom is -0.327 e. The molecule has 0 spiro atoms. The lowest BCUT2D eigenvalue weighted by Crippen LogP contribution is -2.41. The first-order valence-electron chi connectivity index (χ1n) is 6.79. The molecule has 1 fully saturated rings. The smallest absolute Gasteiger partial charge is 0.0688 e. The van der Waals surface area contributed by atoms with Gasteiger partial charge in [0.15, 0.2) is 0 Å². The Kier molecular flexibility index (Phi) is 2.92. The fraction of sp³-hybridized carbons (Fsp3) is 0.769. The molecule has 1 aromatic rings. The number of nitrogens with zero attached hydrogens (tertiary/aromatic N) is 2. The van der Waals surface area contributed by atoms with E-state index < -0.39 is 0 Å². The summed E-state index contributed by atoms with van der Waals surface area (Å²) in [6.07, 6.45) is 6.07. The third-order valence-corrected chi connectivity index (χ3v) is 4.22. The predicted molar refractivity (Wildman–Crippen MR) is 67.8 cm³/mol. The van der Waals surface area contributed by atoms with E-state index in [0.29, 0.717) is 6.04 Å². The van der Waals surface area contributed by atoms with Gasteiger partial charge in [-0.3, -0.25) is 10.00 Å². The maximum atomic E-state index is 6.18. The van der Waals surface area contributed by atoms with Gasteiger partial charge in [0.1, 0.15) is 0 Å². The van der Waals surface area contributed by atoms with Gasteiger partial charge in [0, 0.05) is 29.8 Å². The van der Waals surface area contributed by atoms with Crippen LogP contribution >= 0.6 is 0 Å². The van der Waals surface area contributed by atoms with Crippen LogP contribution in [0.1, 0.15) is 48.7 Å². The molecule has 0 bridgehead atoms. The van der Waals surface area contributed by atoms with Crippen molar-refractivity contribution in [3.63, 3.8) is 0 Å². The minimum atomic E-state index is 0.275. The summed E-state index contributed by atoms with van der Waals surface area (Å²) in [5, 5.41) is 7.56. The molecule has 1 aliphatic heterocycles. The van der Waals surface area contributed by atoms with E-state index in [-0.39, 0.29) is 6.04 Å². The molecule has 0 radical (unpaired) electrons. The second kappa shape index (κ2) is 4.42. The molecule has 17 heavy (non-hydrogen) atoms. The van der Waals surface area contributed by atoms with Crippen molar-refractivity contribution in [2.24, 2.45) is 5.73 Å². The SMILES string of the molecule is Cc1[nH]nc2c1C(N1CCCCC1)CC(N)C2. The summed E-state index contributed by atoms with van der Waals surface area (Å²) >= 11 is 0. The normalized spacial score (nSPS) is 30.2. The van der Waals surface area contributed by atoms with Crippen LogP contribution in [0, 0.1) is 6.92 Å². The summed E-state index contributed by atoms with van der Waals surface area (Å²) in [5.41, 5.74) is 10.1. The monoisotopic (exact) mass is 234 g/mol. The molecule has 3 rings (SSSR count). The van der Waals surface area contributed by atoms with Crippen molar-refractivity contribution in [3.8, 4) is 0 Å². The molecule has 2 atom stereocenters. The highest BCUT2D eigenvalue weighted by Gasteiger charge is 2.33. The number of aryl methyl sites for hydroxylation is 1. The Morgan fingerprint density at radius 2 is 2.06 bits per heavy atom. The van der Waals surface area contributed by atoms with Gasteiger partial charge in [-0.25, -0.2) is 0 Å². The van der Waals surface area contributed by atoms with Crippen LogP contribution in [0.5, 0.6) is 0 Å². The Morgan fingerprint density at radius 1 is 1.29 bits per heavy atom. The molecule has 4 heteroatoms. The van der Waals surface area contributed by atoms with Crippen LogP contribution in [0.2, 0.25) is 0 Å². The van der Waals surface area contributed by atoms with Gasteiger partial charge in [-0.15, -0.1) is 0 Å². The Hall–Kier alpha value is -0.870.